The summed E-state index contributed by atoms with van der Waals surface area (Å²) in [4.78, 5) is 4.69. The smallest absolute Gasteiger partial charge is 0.269 e. The number of nitrogens with zero attached hydrogens (tertiary/aromatic N) is 4. The molecule has 13 aromatic carbocycles. The largest absolute Gasteiger partial charge is 0.458 e. The fourth-order valence-corrected chi connectivity index (χ4v) is 15.7. The molecular weight excluding hydrogens is 1150 g/mol. The van der Waals surface area contributed by atoms with Gasteiger partial charge in [0.05, 0.1) is 78.7 Å². The molecule has 0 bridgehead atoms. The van der Waals surface area contributed by atoms with Gasteiger partial charge >= 0.3 is 0 Å². The molecule has 0 radical (unpaired) electrons. The van der Waals surface area contributed by atoms with Crippen molar-refractivity contribution in [3.8, 4) is 84.3 Å². The van der Waals surface area contributed by atoms with Crippen LogP contribution in [0.25, 0.3) is 106 Å². The summed E-state index contributed by atoms with van der Waals surface area (Å²) in [5.41, 5.74) is -9.39. The molecule has 16 aromatic rings. The van der Waals surface area contributed by atoms with Crippen molar-refractivity contribution in [3.63, 3.8) is 0 Å². The standard InChI is InChI=1S/C87H64N4OSi/c1-60-27-24-28-61(2)86(60)66-47-50-81-83(55-66)89(70-35-25-36-71(56-70)92-72-48-49-78-77-43-22-23-45-80(77)91(82(78)57-72)85-51-62(3)79(58-88-85)65-33-14-6-15-34-65)59-90(81)87-76(69-53-67(63-29-10-4-11-30-63)52-68(54-69)64-31-12-5-13-32-64)44-26-46-84(87)93(73-37-16-7-17-38-73,74-39-18-8-19-40-74)75-41-20-9-21-42-75/h4-58H,1-3H3/i1D3,2D3,3D3,4D,5D,6D,7D,8D,9D,10D,11D,12D,13D,14D,15D,16D,17D,18D,19D,20D,21D,29D,30D,31D,32D,33D,34D,37D,38D,39D,40D,41D,42D,52D,53D,54D. The fraction of sp³-hybridized carbons (Fsp3) is 0.0345. The summed E-state index contributed by atoms with van der Waals surface area (Å²) in [5, 5.41) is -3.07. The molecule has 3 heterocycles. The number of pyridine rings is 1. The van der Waals surface area contributed by atoms with Crippen LogP contribution < -0.4 is 30.1 Å². The van der Waals surface area contributed by atoms with E-state index < -0.39 is 316 Å². The molecule has 0 spiro atoms. The highest BCUT2D eigenvalue weighted by atomic mass is 28.3. The van der Waals surface area contributed by atoms with Crippen molar-refractivity contribution in [2.45, 2.75) is 20.6 Å². The Kier molecular flexibility index (Phi) is 7.05. The first-order chi connectivity index (χ1) is 63.2. The summed E-state index contributed by atoms with van der Waals surface area (Å²) in [7, 11) is -6.69. The van der Waals surface area contributed by atoms with Crippen LogP contribution in [0.5, 0.6) is 11.5 Å². The number of ether oxygens (including phenoxy) is 1. The first-order valence-corrected chi connectivity index (χ1v) is 30.4. The molecule has 0 saturated heterocycles. The Balaban J connectivity index is 1.10. The lowest BCUT2D eigenvalue weighted by molar-refractivity contribution is -0.570. The van der Waals surface area contributed by atoms with E-state index in [1.54, 1.807) is 47.0 Å². The van der Waals surface area contributed by atoms with Gasteiger partial charge in [0.2, 0.25) is 0 Å². The molecule has 16 rings (SSSR count). The average molecular weight is 1250 g/mol. The number of aryl methyl sites for hydroxylation is 3. The predicted octanol–water partition coefficient (Wildman–Crippen LogP) is 18.6. The van der Waals surface area contributed by atoms with Gasteiger partial charge in [-0.15, -0.1) is 0 Å². The molecule has 0 N–H and O–H groups in total. The summed E-state index contributed by atoms with van der Waals surface area (Å²) in [6, 6.07) is -7.95. The van der Waals surface area contributed by atoms with Gasteiger partial charge in [-0.3, -0.25) is 13.7 Å². The van der Waals surface area contributed by atoms with E-state index in [-0.39, 0.29) is 45.2 Å². The lowest BCUT2D eigenvalue weighted by Gasteiger charge is -2.37. The summed E-state index contributed by atoms with van der Waals surface area (Å²) in [6.45, 7) is -9.27. The van der Waals surface area contributed by atoms with Gasteiger partial charge < -0.3 is 4.74 Å². The van der Waals surface area contributed by atoms with E-state index in [2.05, 4.69) is 11.3 Å². The van der Waals surface area contributed by atoms with Crippen LogP contribution in [-0.4, -0.2) is 22.2 Å². The number of hydrogen-bond acceptors (Lipinski definition) is 2. The SMILES string of the molecule is [2H]c1c([2H])c([2H])c(-c2cnc(-n3c4ccccc4c4ccc(Oc5cccc(-n6[c-][n+](-c7c(-c8c([2H])c(-c9c([2H])c([2H])c([2H])c([2H])c9[2H])c([2H])c(-c9c([2H])c([2H])c([2H])c([2H])c9[2H])c8[2H])cccc7[Si](c7c([2H])c([2H])c([2H])c([2H])c7[2H])(c7c([2H])c([2H])c([2H])c([2H])c7[2H])c7c([2H])c([2H])c([2H])c([2H])c7[2H])c7ccc(-c8c(C([2H])([2H])[2H])cccc8C([2H])([2H])[2H])cc76)c5)cc43)cc2C([2H])([2H])[2H])c([2H])c1[2H]. The van der Waals surface area contributed by atoms with Crippen LogP contribution in [0.2, 0.25) is 0 Å². The Bertz CT molecular complexity index is 7440. The first-order valence-electron chi connectivity index (χ1n) is 49.4. The molecule has 0 saturated carbocycles. The number of rotatable bonds is 14. The van der Waals surface area contributed by atoms with Gasteiger partial charge in [-0.05, 0) is 175 Å². The number of para-hydroxylation sites is 2. The van der Waals surface area contributed by atoms with E-state index in [1.165, 1.54) is 59.2 Å². The van der Waals surface area contributed by atoms with Gasteiger partial charge in [0, 0.05) is 40.9 Å². The summed E-state index contributed by atoms with van der Waals surface area (Å²) in [5.74, 6) is -0.0876. The molecular formula is C87H64N4OSi. The molecule has 0 aliphatic carbocycles. The Hall–Kier alpha value is -11.7. The predicted molar refractivity (Wildman–Crippen MR) is 387 cm³/mol. The molecule has 0 aliphatic heterocycles. The van der Waals surface area contributed by atoms with E-state index in [9.17, 15) is 26.0 Å². The molecule has 6 heteroatoms. The van der Waals surface area contributed by atoms with Gasteiger partial charge in [0.15, 0.2) is 8.07 Å². The number of fused-ring (bicyclic) bond motifs is 4. The molecule has 0 atom stereocenters. The van der Waals surface area contributed by atoms with E-state index >= 15 is 0 Å². The van der Waals surface area contributed by atoms with E-state index in [1.807, 2.05) is 0 Å². The van der Waals surface area contributed by atoms with Gasteiger partial charge in [0.25, 0.3) is 6.33 Å². The van der Waals surface area contributed by atoms with Crippen LogP contribution in [0, 0.1) is 26.9 Å². The molecule has 0 amide bonds. The van der Waals surface area contributed by atoms with Crippen molar-refractivity contribution in [1.29, 1.82) is 0 Å². The first kappa shape index (κ1) is 27.4. The summed E-state index contributed by atoms with van der Waals surface area (Å²) in [6.07, 6.45) is 4.33. The monoisotopic (exact) mass is 1250 g/mol. The number of imidazole rings is 1. The summed E-state index contributed by atoms with van der Waals surface area (Å²) >= 11 is 0. The summed E-state index contributed by atoms with van der Waals surface area (Å²) < 4.78 is 403. The minimum atomic E-state index is -6.69. The topological polar surface area (TPSA) is 35.9 Å². The lowest BCUT2D eigenvalue weighted by Crippen LogP contribution is -2.76. The third kappa shape index (κ3) is 10.1. The molecule has 93 heavy (non-hydrogen) atoms. The molecule has 0 fully saturated rings. The Morgan fingerprint density at radius 2 is 0.989 bits per heavy atom. The Morgan fingerprint density at radius 1 is 0.430 bits per heavy atom. The number of hydrogen-bond donors (Lipinski definition) is 0. The van der Waals surface area contributed by atoms with E-state index in [0.717, 1.165) is 41.1 Å². The van der Waals surface area contributed by atoms with Crippen LogP contribution >= 0.6 is 0 Å². The van der Waals surface area contributed by atoms with Crippen LogP contribution in [0.4, 0.5) is 0 Å². The maximum atomic E-state index is 10.8. The normalized spacial score (nSPS) is 18.4. The van der Waals surface area contributed by atoms with Gasteiger partial charge in [-0.25, -0.2) is 4.98 Å². The van der Waals surface area contributed by atoms with Gasteiger partial charge in [-0.1, -0.05) is 254 Å². The molecule has 3 aromatic heterocycles. The zero-order chi connectivity index (χ0) is 98.6. The van der Waals surface area contributed by atoms with E-state index in [4.69, 9.17) is 36.3 Å². The molecule has 5 nitrogen and oxygen atoms in total. The van der Waals surface area contributed by atoms with Crippen LogP contribution in [-0.2, 0) is 0 Å². The minimum absolute atomic E-state index is 0.0301. The fourth-order valence-electron chi connectivity index (χ4n) is 11.7. The lowest BCUT2D eigenvalue weighted by atomic mass is 9.92. The van der Waals surface area contributed by atoms with Crippen LogP contribution in [0.3, 0.4) is 0 Å². The zero-order valence-corrected chi connectivity index (χ0v) is 48.9. The maximum absolute atomic E-state index is 10.8. The molecule has 0 aliphatic rings. The number of aromatic nitrogens is 4. The van der Waals surface area contributed by atoms with Crippen molar-refractivity contribution in [2.24, 2.45) is 0 Å². The highest BCUT2D eigenvalue weighted by Gasteiger charge is 2.44. The van der Waals surface area contributed by atoms with Crippen LogP contribution in [0.15, 0.2) is 333 Å². The van der Waals surface area contributed by atoms with Gasteiger partial charge in [0.1, 0.15) is 17.3 Å². The highest BCUT2D eigenvalue weighted by Crippen LogP contribution is 2.40. The Labute approximate surface area is 602 Å². The quantitative estimate of drug-likeness (QED) is 0.0471. The van der Waals surface area contributed by atoms with Crippen molar-refractivity contribution < 1.29 is 66.9 Å². The zero-order valence-electron chi connectivity index (χ0n) is 89.9. The molecule has 442 valence electrons. The maximum Gasteiger partial charge on any atom is 0.269 e. The van der Waals surface area contributed by atoms with Crippen molar-refractivity contribution in [2.75, 3.05) is 0 Å². The second kappa shape index (κ2) is 23.9. The second-order valence-electron chi connectivity index (χ2n) is 20.9. The van der Waals surface area contributed by atoms with E-state index in [0.29, 0.717) is 21.8 Å². The van der Waals surface area contributed by atoms with Crippen molar-refractivity contribution in [3.05, 3.63) is 356 Å². The molecule has 0 unspecified atom stereocenters. The van der Waals surface area contributed by atoms with Gasteiger partial charge in [-0.2, -0.15) is 0 Å². The third-order valence-corrected chi connectivity index (χ3v) is 19.9. The second-order valence-corrected chi connectivity index (χ2v) is 24.4. The number of benzene rings is 13. The van der Waals surface area contributed by atoms with Crippen LogP contribution in [0.1, 0.15) is 74.3 Å². The highest BCUT2D eigenvalue weighted by molar-refractivity contribution is 7.20. The Morgan fingerprint density at radius 3 is 1.62 bits per heavy atom. The van der Waals surface area contributed by atoms with Crippen molar-refractivity contribution in [1.82, 2.24) is 14.1 Å². The third-order valence-electron chi connectivity index (χ3n) is 15.7. The average Bonchev–Trinajstić information content (AvgIpc) is 1.36. The minimum Gasteiger partial charge on any atom is -0.458 e. The van der Waals surface area contributed by atoms with Crippen molar-refractivity contribution >= 4 is 61.7 Å².